The Bertz CT molecular complexity index is 4030. The minimum absolute atomic E-state index is 0.201. The monoisotopic (exact) mass is 906 g/mol. The molecule has 328 valence electrons. The Morgan fingerprint density at radius 3 is 1.41 bits per heavy atom. The summed E-state index contributed by atoms with van der Waals surface area (Å²) in [4.78, 5) is 30.9. The molecule has 2 aliphatic heterocycles. The molecule has 0 saturated heterocycles. The van der Waals surface area contributed by atoms with Gasteiger partial charge in [0.1, 0.15) is 11.5 Å². The summed E-state index contributed by atoms with van der Waals surface area (Å²) in [7, 11) is 0. The number of nitriles is 1. The van der Waals surface area contributed by atoms with Gasteiger partial charge in [-0.25, -0.2) is 29.9 Å². The van der Waals surface area contributed by atoms with E-state index >= 15 is 0 Å². The number of nitrogens with zero attached hydrogens (tertiary/aromatic N) is 8. The molecule has 14 rings (SSSR count). The highest BCUT2D eigenvalue weighted by molar-refractivity contribution is 6.99. The van der Waals surface area contributed by atoms with Gasteiger partial charge in [-0.1, -0.05) is 158 Å². The highest BCUT2D eigenvalue weighted by Gasteiger charge is 2.41. The van der Waals surface area contributed by atoms with E-state index in [1.165, 1.54) is 0 Å². The molecular formula is C61H35BN8O. The second kappa shape index (κ2) is 16.2. The van der Waals surface area contributed by atoms with Gasteiger partial charge in [0.15, 0.2) is 34.9 Å². The predicted molar refractivity (Wildman–Crippen MR) is 281 cm³/mol. The summed E-state index contributed by atoms with van der Waals surface area (Å²) in [6.45, 7) is -0.201. The number of ether oxygens (including phenoxy) is 1. The van der Waals surface area contributed by atoms with Gasteiger partial charge in [-0.15, -0.1) is 0 Å². The van der Waals surface area contributed by atoms with Gasteiger partial charge < -0.3 is 9.30 Å². The SMILES string of the molecule is N#Cc1ccc(-c2cc3c4c(c2)-n2c5ccc(-c6nc(-c7ccccc7)nc(-c7ccccc7)n6)cc5c5cc(-c6nc(-c7ccccc7)nc(-c7ccccc7)n6)cc(c52)B4c2ccccc2O3)cc1. The lowest BCUT2D eigenvalue weighted by molar-refractivity contribution is 0.487. The van der Waals surface area contributed by atoms with Crippen molar-refractivity contribution in [1.82, 2.24) is 34.5 Å². The van der Waals surface area contributed by atoms with Crippen molar-refractivity contribution in [2.75, 3.05) is 0 Å². The highest BCUT2D eigenvalue weighted by atomic mass is 16.5. The van der Waals surface area contributed by atoms with Gasteiger partial charge in [0.2, 0.25) is 0 Å². The zero-order chi connectivity index (χ0) is 47.0. The quantitative estimate of drug-likeness (QED) is 0.145. The molecule has 2 aliphatic rings. The lowest BCUT2D eigenvalue weighted by atomic mass is 9.34. The van der Waals surface area contributed by atoms with E-state index < -0.39 is 0 Å². The number of aromatic nitrogens is 7. The van der Waals surface area contributed by atoms with Crippen molar-refractivity contribution in [3.05, 3.63) is 218 Å². The molecule has 0 unspecified atom stereocenters. The Balaban J connectivity index is 1.07. The van der Waals surface area contributed by atoms with E-state index in [0.717, 1.165) is 99.9 Å². The fourth-order valence-corrected chi connectivity index (χ4v) is 10.3. The normalized spacial score (nSPS) is 12.0. The van der Waals surface area contributed by atoms with Gasteiger partial charge in [-0.3, -0.25) is 0 Å². The van der Waals surface area contributed by atoms with Crippen LogP contribution in [0.15, 0.2) is 212 Å². The fourth-order valence-electron chi connectivity index (χ4n) is 10.3. The molecule has 71 heavy (non-hydrogen) atoms. The van der Waals surface area contributed by atoms with Crippen LogP contribution in [0, 0.1) is 11.3 Å². The van der Waals surface area contributed by atoms with Crippen LogP contribution in [0.5, 0.6) is 11.5 Å². The maximum Gasteiger partial charge on any atom is 0.256 e. The molecule has 12 aromatic rings. The van der Waals surface area contributed by atoms with Crippen LogP contribution < -0.4 is 21.1 Å². The van der Waals surface area contributed by atoms with Gasteiger partial charge in [0, 0.05) is 55.4 Å². The Hall–Kier alpha value is -9.85. The Morgan fingerprint density at radius 1 is 0.380 bits per heavy atom. The molecule has 0 radical (unpaired) electrons. The zero-order valence-electron chi connectivity index (χ0n) is 37.8. The second-order valence-corrected chi connectivity index (χ2v) is 17.8. The molecule has 0 fully saturated rings. The van der Waals surface area contributed by atoms with Gasteiger partial charge in [-0.05, 0) is 82.1 Å². The minimum atomic E-state index is -0.201. The molecule has 5 heterocycles. The number of fused-ring (bicyclic) bond motifs is 7. The molecule has 0 spiro atoms. The molecule has 0 bridgehead atoms. The maximum atomic E-state index is 9.68. The van der Waals surface area contributed by atoms with E-state index in [0.29, 0.717) is 40.5 Å². The molecule has 0 saturated carbocycles. The van der Waals surface area contributed by atoms with Crippen molar-refractivity contribution < 1.29 is 4.74 Å². The van der Waals surface area contributed by atoms with Crippen molar-refractivity contribution in [2.24, 2.45) is 0 Å². The van der Waals surface area contributed by atoms with Crippen LogP contribution in [0.3, 0.4) is 0 Å². The summed E-state index contributed by atoms with van der Waals surface area (Å²) in [5.74, 6) is 5.06. The molecule has 0 N–H and O–H groups in total. The number of hydrogen-bond acceptors (Lipinski definition) is 8. The highest BCUT2D eigenvalue weighted by Crippen LogP contribution is 2.42. The van der Waals surface area contributed by atoms with E-state index in [9.17, 15) is 5.26 Å². The summed E-state index contributed by atoms with van der Waals surface area (Å²) < 4.78 is 9.32. The van der Waals surface area contributed by atoms with Crippen molar-refractivity contribution in [2.45, 2.75) is 0 Å². The molecule has 9 aromatic carbocycles. The summed E-state index contributed by atoms with van der Waals surface area (Å²) in [6, 6.07) is 74.0. The van der Waals surface area contributed by atoms with E-state index in [-0.39, 0.29) is 6.71 Å². The smallest absolute Gasteiger partial charge is 0.256 e. The molecule has 3 aromatic heterocycles. The number of rotatable bonds is 7. The molecule has 9 nitrogen and oxygen atoms in total. The van der Waals surface area contributed by atoms with Crippen molar-refractivity contribution in [3.63, 3.8) is 0 Å². The van der Waals surface area contributed by atoms with E-state index in [4.69, 9.17) is 34.6 Å². The molecule has 0 amide bonds. The first-order chi connectivity index (χ1) is 35.1. The van der Waals surface area contributed by atoms with Gasteiger partial charge in [0.05, 0.1) is 17.1 Å². The topological polar surface area (TPSA) is 115 Å². The molecule has 0 aliphatic carbocycles. The largest absolute Gasteiger partial charge is 0.458 e. The van der Waals surface area contributed by atoms with Crippen molar-refractivity contribution >= 4 is 44.9 Å². The van der Waals surface area contributed by atoms with E-state index in [1.54, 1.807) is 0 Å². The third-order valence-electron chi connectivity index (χ3n) is 13.6. The lowest BCUT2D eigenvalue weighted by Gasteiger charge is -2.34. The average Bonchev–Trinajstić information content (AvgIpc) is 3.79. The number of para-hydroxylation sites is 1. The maximum absolute atomic E-state index is 9.68. The van der Waals surface area contributed by atoms with Crippen molar-refractivity contribution in [3.8, 4) is 103 Å². The zero-order valence-corrected chi connectivity index (χ0v) is 37.8. The average molecular weight is 907 g/mol. The summed E-state index contributed by atoms with van der Waals surface area (Å²) in [6.07, 6.45) is 0. The summed E-state index contributed by atoms with van der Waals surface area (Å²) >= 11 is 0. The summed E-state index contributed by atoms with van der Waals surface area (Å²) in [5, 5.41) is 11.7. The second-order valence-electron chi connectivity index (χ2n) is 17.8. The van der Waals surface area contributed by atoms with Crippen LogP contribution in [0.4, 0.5) is 0 Å². The minimum Gasteiger partial charge on any atom is -0.458 e. The first-order valence-corrected chi connectivity index (χ1v) is 23.4. The Labute approximate surface area is 408 Å². The number of benzene rings is 9. The summed E-state index contributed by atoms with van der Waals surface area (Å²) in [5.41, 5.74) is 14.2. The van der Waals surface area contributed by atoms with E-state index in [2.05, 4.69) is 71.3 Å². The Kier molecular flexibility index (Phi) is 9.16. The molecular weight excluding hydrogens is 872 g/mol. The first kappa shape index (κ1) is 40.2. The molecule has 10 heteroatoms. The number of hydrogen-bond donors (Lipinski definition) is 0. The Morgan fingerprint density at radius 2 is 0.859 bits per heavy atom. The third kappa shape index (κ3) is 6.71. The first-order valence-electron chi connectivity index (χ1n) is 23.4. The van der Waals surface area contributed by atoms with E-state index in [1.807, 2.05) is 152 Å². The van der Waals surface area contributed by atoms with Gasteiger partial charge in [-0.2, -0.15) is 5.26 Å². The standard InChI is InChI=1S/C61H35BN8O/c63-36-37-25-27-38(28-26-37)44-34-51-54-53(35-44)71-52-24-14-13-23-48(52)62(54)49-33-45(61-68-58(41-19-9-3-10-20-41)65-59(69-61)42-21-11-4-12-22-42)32-47-46-31-43(29-30-50(46)70(51)55(47)49)60-66-56(39-15-5-1-6-16-39)64-57(67-60)40-17-7-2-8-18-40/h1-35H. The van der Waals surface area contributed by atoms with Gasteiger partial charge in [0.25, 0.3) is 6.71 Å². The van der Waals surface area contributed by atoms with Crippen LogP contribution >= 0.6 is 0 Å². The molecule has 0 atom stereocenters. The predicted octanol–water partition coefficient (Wildman–Crippen LogP) is 11.6. The van der Waals surface area contributed by atoms with Crippen LogP contribution in [0.25, 0.3) is 107 Å². The van der Waals surface area contributed by atoms with Crippen LogP contribution in [0.2, 0.25) is 0 Å². The lowest BCUT2D eigenvalue weighted by Crippen LogP contribution is -2.58. The third-order valence-corrected chi connectivity index (χ3v) is 13.6. The fraction of sp³-hybridized carbons (Fsp3) is 0. The van der Waals surface area contributed by atoms with Crippen molar-refractivity contribution in [1.29, 1.82) is 5.26 Å². The van der Waals surface area contributed by atoms with Crippen LogP contribution in [-0.2, 0) is 0 Å². The van der Waals surface area contributed by atoms with Gasteiger partial charge >= 0.3 is 0 Å². The van der Waals surface area contributed by atoms with Crippen LogP contribution in [0.1, 0.15) is 5.56 Å². The van der Waals surface area contributed by atoms with Crippen LogP contribution in [-0.4, -0.2) is 41.2 Å².